The Hall–Kier alpha value is 0.650. The van der Waals surface area contributed by atoms with Crippen LogP contribution in [0.25, 0.3) is 0 Å². The molecule has 2 rings (SSSR count). The smallest absolute Gasteiger partial charge is 0.0799 e. The highest BCUT2D eigenvalue weighted by atomic mass is 127. The molecular formula is C8H14INO. The Labute approximate surface area is 81.1 Å². The van der Waals surface area contributed by atoms with Gasteiger partial charge in [0.15, 0.2) is 0 Å². The average molecular weight is 267 g/mol. The minimum absolute atomic E-state index is 0.0706. The van der Waals surface area contributed by atoms with E-state index in [9.17, 15) is 5.11 Å². The molecule has 0 bridgehead atoms. The van der Waals surface area contributed by atoms with Crippen molar-refractivity contribution in [3.05, 3.63) is 0 Å². The maximum atomic E-state index is 9.58. The predicted octanol–water partition coefficient (Wildman–Crippen LogP) is 1.02. The van der Waals surface area contributed by atoms with Gasteiger partial charge in [-0.05, 0) is 19.4 Å². The summed E-state index contributed by atoms with van der Waals surface area (Å²) >= 11 is 2.40. The summed E-state index contributed by atoms with van der Waals surface area (Å²) in [5.74, 6) is 0. The van der Waals surface area contributed by atoms with E-state index in [1.165, 1.54) is 25.8 Å². The van der Waals surface area contributed by atoms with Crippen LogP contribution in [0, 0.1) is 0 Å². The van der Waals surface area contributed by atoms with Crippen molar-refractivity contribution in [2.24, 2.45) is 0 Å². The van der Waals surface area contributed by atoms with Gasteiger partial charge in [-0.15, -0.1) is 0 Å². The lowest BCUT2D eigenvalue weighted by molar-refractivity contribution is 0.167. The van der Waals surface area contributed by atoms with Crippen molar-refractivity contribution in [1.29, 1.82) is 0 Å². The second kappa shape index (κ2) is 3.18. The fraction of sp³-hybridized carbons (Fsp3) is 1.00. The van der Waals surface area contributed by atoms with Crippen LogP contribution in [0.3, 0.4) is 0 Å². The molecule has 1 N–H and O–H groups in total. The molecule has 2 saturated heterocycles. The van der Waals surface area contributed by atoms with Crippen LogP contribution in [-0.4, -0.2) is 39.2 Å². The number of hydrogen-bond acceptors (Lipinski definition) is 2. The van der Waals surface area contributed by atoms with Crippen LogP contribution in [0.2, 0.25) is 0 Å². The Bertz CT molecular complexity index is 153. The second-order valence-electron chi connectivity index (χ2n) is 3.57. The van der Waals surface area contributed by atoms with Crippen molar-refractivity contribution in [2.75, 3.05) is 13.1 Å². The Balaban J connectivity index is 2.05. The summed E-state index contributed by atoms with van der Waals surface area (Å²) in [5.41, 5.74) is 0. The highest BCUT2D eigenvalue weighted by molar-refractivity contribution is 14.1. The van der Waals surface area contributed by atoms with Crippen molar-refractivity contribution >= 4 is 22.6 Å². The van der Waals surface area contributed by atoms with Gasteiger partial charge in [0.1, 0.15) is 0 Å². The first-order chi connectivity index (χ1) is 5.29. The Morgan fingerprint density at radius 3 is 2.91 bits per heavy atom. The quantitative estimate of drug-likeness (QED) is 0.523. The maximum absolute atomic E-state index is 9.58. The summed E-state index contributed by atoms with van der Waals surface area (Å²) in [6.45, 7) is 2.12. The van der Waals surface area contributed by atoms with Crippen LogP contribution in [0.5, 0.6) is 0 Å². The summed E-state index contributed by atoms with van der Waals surface area (Å²) in [4.78, 5) is 2.45. The minimum Gasteiger partial charge on any atom is -0.391 e. The van der Waals surface area contributed by atoms with E-state index in [1.54, 1.807) is 0 Å². The SMILES string of the molecule is O[C@@H]1CN2CCCC[C@@H]2[C@H]1I. The molecule has 2 heterocycles. The first-order valence-corrected chi connectivity index (χ1v) is 5.60. The molecule has 0 aromatic carbocycles. The third kappa shape index (κ3) is 1.42. The number of alkyl halides is 1. The van der Waals surface area contributed by atoms with Gasteiger partial charge < -0.3 is 5.11 Å². The Kier molecular flexibility index (Phi) is 2.39. The zero-order valence-electron chi connectivity index (χ0n) is 6.54. The molecule has 3 heteroatoms. The van der Waals surface area contributed by atoms with Gasteiger partial charge >= 0.3 is 0 Å². The van der Waals surface area contributed by atoms with Crippen LogP contribution in [-0.2, 0) is 0 Å². The molecule has 0 aromatic rings. The Morgan fingerprint density at radius 2 is 2.18 bits per heavy atom. The second-order valence-corrected chi connectivity index (χ2v) is 5.01. The summed E-state index contributed by atoms with van der Waals surface area (Å²) in [5, 5.41) is 9.58. The monoisotopic (exact) mass is 267 g/mol. The van der Waals surface area contributed by atoms with E-state index >= 15 is 0 Å². The number of halogens is 1. The number of rotatable bonds is 0. The molecule has 2 fully saturated rings. The molecule has 0 aliphatic carbocycles. The van der Waals surface area contributed by atoms with E-state index < -0.39 is 0 Å². The maximum Gasteiger partial charge on any atom is 0.0799 e. The molecule has 11 heavy (non-hydrogen) atoms. The molecule has 2 aliphatic heterocycles. The van der Waals surface area contributed by atoms with Gasteiger partial charge in [-0.3, -0.25) is 4.90 Å². The van der Waals surface area contributed by atoms with Gasteiger partial charge in [-0.1, -0.05) is 29.0 Å². The number of nitrogens with zero attached hydrogens (tertiary/aromatic N) is 1. The zero-order chi connectivity index (χ0) is 7.84. The van der Waals surface area contributed by atoms with Gasteiger partial charge in [-0.25, -0.2) is 0 Å². The molecule has 0 unspecified atom stereocenters. The van der Waals surface area contributed by atoms with Crippen LogP contribution in [0.4, 0.5) is 0 Å². The van der Waals surface area contributed by atoms with Crippen molar-refractivity contribution < 1.29 is 5.11 Å². The third-order valence-electron chi connectivity index (χ3n) is 2.82. The van der Waals surface area contributed by atoms with Crippen molar-refractivity contribution in [2.45, 2.75) is 35.3 Å². The van der Waals surface area contributed by atoms with E-state index in [1.807, 2.05) is 0 Å². The van der Waals surface area contributed by atoms with Crippen molar-refractivity contribution in [3.8, 4) is 0 Å². The molecule has 0 radical (unpaired) electrons. The first-order valence-electron chi connectivity index (χ1n) is 4.35. The number of fused-ring (bicyclic) bond motifs is 1. The number of piperidine rings is 1. The largest absolute Gasteiger partial charge is 0.391 e. The first kappa shape index (κ1) is 8.26. The van der Waals surface area contributed by atoms with Gasteiger partial charge in [0, 0.05) is 12.6 Å². The Morgan fingerprint density at radius 1 is 1.36 bits per heavy atom. The third-order valence-corrected chi connectivity index (χ3v) is 4.48. The summed E-state index contributed by atoms with van der Waals surface area (Å²) in [6, 6.07) is 0.680. The molecule has 0 amide bonds. The molecule has 64 valence electrons. The number of hydrogen-bond donors (Lipinski definition) is 1. The van der Waals surface area contributed by atoms with Crippen LogP contribution in [0.15, 0.2) is 0 Å². The van der Waals surface area contributed by atoms with Crippen LogP contribution in [0.1, 0.15) is 19.3 Å². The topological polar surface area (TPSA) is 23.5 Å². The normalized spacial score (nSPS) is 45.8. The van der Waals surface area contributed by atoms with Crippen LogP contribution < -0.4 is 0 Å². The standard InChI is InChI=1S/C8H14INO/c9-8-6-3-1-2-4-10(6)5-7(8)11/h6-8,11H,1-5H2/t6-,7-,8-/m1/s1. The van der Waals surface area contributed by atoms with Crippen molar-refractivity contribution in [3.63, 3.8) is 0 Å². The van der Waals surface area contributed by atoms with E-state index in [0.29, 0.717) is 9.97 Å². The molecule has 2 aliphatic rings. The predicted molar refractivity (Wildman–Crippen MR) is 53.0 cm³/mol. The minimum atomic E-state index is -0.0706. The number of aliphatic hydroxyl groups is 1. The summed E-state index contributed by atoms with van der Waals surface area (Å²) in [6.07, 6.45) is 3.91. The van der Waals surface area contributed by atoms with Crippen molar-refractivity contribution in [1.82, 2.24) is 4.90 Å². The summed E-state index contributed by atoms with van der Waals surface area (Å²) in [7, 11) is 0. The average Bonchev–Trinajstić information content (AvgIpc) is 2.30. The van der Waals surface area contributed by atoms with E-state index in [4.69, 9.17) is 0 Å². The van der Waals surface area contributed by atoms with Gasteiger partial charge in [-0.2, -0.15) is 0 Å². The molecule has 3 atom stereocenters. The highest BCUT2D eigenvalue weighted by Crippen LogP contribution is 2.31. The van der Waals surface area contributed by atoms with Gasteiger partial charge in [0.25, 0.3) is 0 Å². The zero-order valence-corrected chi connectivity index (χ0v) is 8.70. The van der Waals surface area contributed by atoms with Crippen LogP contribution >= 0.6 is 22.6 Å². The molecule has 2 nitrogen and oxygen atoms in total. The fourth-order valence-electron chi connectivity index (χ4n) is 2.20. The molecule has 0 aromatic heterocycles. The molecule has 0 saturated carbocycles. The highest BCUT2D eigenvalue weighted by Gasteiger charge is 2.39. The van der Waals surface area contributed by atoms with E-state index in [-0.39, 0.29) is 6.10 Å². The summed E-state index contributed by atoms with van der Waals surface area (Å²) < 4.78 is 0.480. The van der Waals surface area contributed by atoms with Gasteiger partial charge in [0.2, 0.25) is 0 Å². The number of aliphatic hydroxyl groups excluding tert-OH is 1. The fourth-order valence-corrected chi connectivity index (χ4v) is 3.24. The van der Waals surface area contributed by atoms with E-state index in [2.05, 4.69) is 27.5 Å². The lowest BCUT2D eigenvalue weighted by Gasteiger charge is -2.30. The lowest BCUT2D eigenvalue weighted by Crippen LogP contribution is -2.37. The van der Waals surface area contributed by atoms with E-state index in [0.717, 1.165) is 6.54 Å². The molecule has 0 spiro atoms. The molecular weight excluding hydrogens is 253 g/mol. The lowest BCUT2D eigenvalue weighted by atomic mass is 10.0. The van der Waals surface area contributed by atoms with Gasteiger partial charge in [0.05, 0.1) is 10.0 Å².